The minimum absolute atomic E-state index is 0.0626. The van der Waals surface area contributed by atoms with Crippen molar-refractivity contribution in [2.24, 2.45) is 0 Å². The SMILES string of the molecule is N#Cc1nccnc1Oc1cccc(C(=O)NCCO)c1. The minimum Gasteiger partial charge on any atom is -0.436 e. The van der Waals surface area contributed by atoms with Crippen molar-refractivity contribution in [1.29, 1.82) is 5.26 Å². The summed E-state index contributed by atoms with van der Waals surface area (Å²) in [5.41, 5.74) is 0.441. The zero-order valence-corrected chi connectivity index (χ0v) is 11.0. The fraction of sp³-hybridized carbons (Fsp3) is 0.143. The molecular weight excluding hydrogens is 272 g/mol. The number of carbonyl (C=O) groups is 1. The average molecular weight is 284 g/mol. The number of ether oxygens (including phenoxy) is 1. The summed E-state index contributed by atoms with van der Waals surface area (Å²) in [4.78, 5) is 19.5. The second kappa shape index (κ2) is 6.98. The molecule has 0 aliphatic heterocycles. The van der Waals surface area contributed by atoms with Gasteiger partial charge in [-0.15, -0.1) is 0 Å². The Bertz CT molecular complexity index is 682. The molecule has 21 heavy (non-hydrogen) atoms. The summed E-state index contributed by atoms with van der Waals surface area (Å²) in [6.45, 7) is 0.0414. The van der Waals surface area contributed by atoms with Gasteiger partial charge in [-0.1, -0.05) is 6.07 Å². The van der Waals surface area contributed by atoms with Crippen molar-refractivity contribution in [3.05, 3.63) is 47.9 Å². The van der Waals surface area contributed by atoms with E-state index in [2.05, 4.69) is 15.3 Å². The number of nitrogens with zero attached hydrogens (tertiary/aromatic N) is 3. The van der Waals surface area contributed by atoms with Gasteiger partial charge >= 0.3 is 0 Å². The molecule has 0 atom stereocenters. The molecule has 7 nitrogen and oxygen atoms in total. The predicted octanol–water partition coefficient (Wildman–Crippen LogP) is 0.863. The fourth-order valence-corrected chi connectivity index (χ4v) is 1.56. The summed E-state index contributed by atoms with van der Waals surface area (Å²) < 4.78 is 5.47. The summed E-state index contributed by atoms with van der Waals surface area (Å²) in [6, 6.07) is 8.29. The van der Waals surface area contributed by atoms with Gasteiger partial charge in [0.05, 0.1) is 6.61 Å². The van der Waals surface area contributed by atoms with Gasteiger partial charge in [0.25, 0.3) is 11.8 Å². The zero-order chi connectivity index (χ0) is 15.1. The Labute approximate surface area is 120 Å². The molecule has 1 aromatic carbocycles. The molecule has 1 aromatic heterocycles. The maximum absolute atomic E-state index is 11.8. The lowest BCUT2D eigenvalue weighted by atomic mass is 10.2. The van der Waals surface area contributed by atoms with Crippen LogP contribution in [0.5, 0.6) is 11.6 Å². The van der Waals surface area contributed by atoms with Crippen LogP contribution in [0.15, 0.2) is 36.7 Å². The van der Waals surface area contributed by atoms with E-state index in [1.165, 1.54) is 18.5 Å². The summed E-state index contributed by atoms with van der Waals surface area (Å²) in [5, 5.41) is 20.1. The molecule has 2 rings (SSSR count). The highest BCUT2D eigenvalue weighted by atomic mass is 16.5. The molecule has 0 unspecified atom stereocenters. The van der Waals surface area contributed by atoms with E-state index in [1.54, 1.807) is 18.2 Å². The molecule has 106 valence electrons. The van der Waals surface area contributed by atoms with Crippen LogP contribution in [0.2, 0.25) is 0 Å². The van der Waals surface area contributed by atoms with Crippen molar-refractivity contribution in [3.63, 3.8) is 0 Å². The molecule has 0 saturated carbocycles. The first-order chi connectivity index (χ1) is 10.2. The monoisotopic (exact) mass is 284 g/mol. The van der Waals surface area contributed by atoms with Crippen LogP contribution in [-0.2, 0) is 0 Å². The number of hydrogen-bond acceptors (Lipinski definition) is 6. The first kappa shape index (κ1) is 14.4. The van der Waals surface area contributed by atoms with E-state index < -0.39 is 0 Å². The Morgan fingerprint density at radius 1 is 1.38 bits per heavy atom. The highest BCUT2D eigenvalue weighted by Gasteiger charge is 2.09. The van der Waals surface area contributed by atoms with Crippen LogP contribution in [0.3, 0.4) is 0 Å². The number of aromatic nitrogens is 2. The van der Waals surface area contributed by atoms with Crippen LogP contribution in [0.1, 0.15) is 16.1 Å². The van der Waals surface area contributed by atoms with E-state index in [1.807, 2.05) is 6.07 Å². The predicted molar refractivity (Wildman–Crippen MR) is 72.7 cm³/mol. The highest BCUT2D eigenvalue weighted by Crippen LogP contribution is 2.22. The number of aliphatic hydroxyl groups excluding tert-OH is 1. The van der Waals surface area contributed by atoms with Crippen LogP contribution >= 0.6 is 0 Å². The van der Waals surface area contributed by atoms with Crippen LogP contribution in [-0.4, -0.2) is 34.1 Å². The van der Waals surface area contributed by atoms with Gasteiger partial charge < -0.3 is 15.2 Å². The van der Waals surface area contributed by atoms with Gasteiger partial charge in [0, 0.05) is 24.5 Å². The van der Waals surface area contributed by atoms with Crippen molar-refractivity contribution < 1.29 is 14.6 Å². The van der Waals surface area contributed by atoms with Crippen molar-refractivity contribution in [2.75, 3.05) is 13.2 Å². The lowest BCUT2D eigenvalue weighted by Gasteiger charge is -2.07. The first-order valence-electron chi connectivity index (χ1n) is 6.12. The van der Waals surface area contributed by atoms with Crippen molar-refractivity contribution in [2.45, 2.75) is 0 Å². The molecule has 0 aliphatic carbocycles. The van der Waals surface area contributed by atoms with E-state index in [0.717, 1.165) is 0 Å². The Balaban J connectivity index is 2.18. The summed E-state index contributed by atoms with van der Waals surface area (Å²) in [7, 11) is 0. The van der Waals surface area contributed by atoms with Gasteiger partial charge in [-0.25, -0.2) is 9.97 Å². The standard InChI is InChI=1S/C14H12N4O3/c15-9-12-14(18-5-4-16-12)21-11-3-1-2-10(8-11)13(20)17-6-7-19/h1-5,8,19H,6-7H2,(H,17,20). The number of hydrogen-bond donors (Lipinski definition) is 2. The first-order valence-corrected chi connectivity index (χ1v) is 6.12. The molecule has 7 heteroatoms. The Morgan fingerprint density at radius 3 is 2.95 bits per heavy atom. The van der Waals surface area contributed by atoms with Gasteiger partial charge in [-0.2, -0.15) is 5.26 Å². The molecule has 0 radical (unpaired) electrons. The van der Waals surface area contributed by atoms with Crippen LogP contribution < -0.4 is 10.1 Å². The Kier molecular flexibility index (Phi) is 4.79. The lowest BCUT2D eigenvalue weighted by molar-refractivity contribution is 0.0944. The van der Waals surface area contributed by atoms with Crippen molar-refractivity contribution in [3.8, 4) is 17.7 Å². The smallest absolute Gasteiger partial charge is 0.256 e. The number of nitriles is 1. The zero-order valence-electron chi connectivity index (χ0n) is 11.0. The average Bonchev–Trinajstić information content (AvgIpc) is 2.53. The fourth-order valence-electron chi connectivity index (χ4n) is 1.56. The number of rotatable bonds is 5. The normalized spacial score (nSPS) is 9.71. The Morgan fingerprint density at radius 2 is 2.19 bits per heavy atom. The van der Waals surface area contributed by atoms with Gasteiger partial charge in [0.2, 0.25) is 5.69 Å². The molecule has 0 fully saturated rings. The number of carbonyl (C=O) groups excluding carboxylic acids is 1. The molecule has 0 bridgehead atoms. The topological polar surface area (TPSA) is 108 Å². The number of amides is 1. The lowest BCUT2D eigenvalue weighted by Crippen LogP contribution is -2.26. The number of aliphatic hydroxyl groups is 1. The van der Waals surface area contributed by atoms with Crippen molar-refractivity contribution >= 4 is 5.91 Å². The Hall–Kier alpha value is -2.98. The van der Waals surface area contributed by atoms with E-state index >= 15 is 0 Å². The maximum Gasteiger partial charge on any atom is 0.256 e. The van der Waals surface area contributed by atoms with Gasteiger partial charge in [0.1, 0.15) is 11.8 Å². The summed E-state index contributed by atoms with van der Waals surface area (Å²) >= 11 is 0. The molecule has 0 aliphatic rings. The second-order valence-corrected chi connectivity index (χ2v) is 3.93. The number of benzene rings is 1. The molecule has 1 heterocycles. The summed E-state index contributed by atoms with van der Waals surface area (Å²) in [6.07, 6.45) is 2.80. The van der Waals surface area contributed by atoms with E-state index in [9.17, 15) is 4.79 Å². The summed E-state index contributed by atoms with van der Waals surface area (Å²) in [5.74, 6) is 0.116. The largest absolute Gasteiger partial charge is 0.436 e. The quantitative estimate of drug-likeness (QED) is 0.843. The third-order valence-electron chi connectivity index (χ3n) is 2.48. The highest BCUT2D eigenvalue weighted by molar-refractivity contribution is 5.94. The maximum atomic E-state index is 11.8. The minimum atomic E-state index is -0.325. The molecular formula is C14H12N4O3. The van der Waals surface area contributed by atoms with E-state index in [-0.39, 0.29) is 30.6 Å². The van der Waals surface area contributed by atoms with E-state index in [4.69, 9.17) is 15.1 Å². The third kappa shape index (κ3) is 3.75. The van der Waals surface area contributed by atoms with Gasteiger partial charge in [0.15, 0.2) is 0 Å². The van der Waals surface area contributed by atoms with Crippen molar-refractivity contribution in [1.82, 2.24) is 15.3 Å². The molecule has 0 saturated heterocycles. The van der Waals surface area contributed by atoms with Gasteiger partial charge in [-0.3, -0.25) is 4.79 Å². The molecule has 2 aromatic rings. The molecule has 0 spiro atoms. The number of nitrogens with one attached hydrogen (secondary N) is 1. The van der Waals surface area contributed by atoms with E-state index in [0.29, 0.717) is 11.3 Å². The molecule has 2 N–H and O–H groups in total. The van der Waals surface area contributed by atoms with Crippen LogP contribution in [0.4, 0.5) is 0 Å². The van der Waals surface area contributed by atoms with Crippen LogP contribution in [0.25, 0.3) is 0 Å². The third-order valence-corrected chi connectivity index (χ3v) is 2.48. The second-order valence-electron chi connectivity index (χ2n) is 3.93. The van der Waals surface area contributed by atoms with Gasteiger partial charge in [-0.05, 0) is 18.2 Å². The van der Waals surface area contributed by atoms with Crippen LogP contribution in [0, 0.1) is 11.3 Å². The molecule has 1 amide bonds.